The molecule has 0 spiro atoms. The van der Waals surface area contributed by atoms with Crippen LogP contribution in [0.3, 0.4) is 0 Å². The largest absolute Gasteiger partial charge is 0.481 e. The molecule has 0 aromatic rings. The van der Waals surface area contributed by atoms with E-state index < -0.39 is 16.8 Å². The monoisotopic (exact) mass is 289 g/mol. The summed E-state index contributed by atoms with van der Waals surface area (Å²) in [6.45, 7) is 2.20. The lowest BCUT2D eigenvalue weighted by Crippen LogP contribution is -2.36. The second-order valence-corrected chi connectivity index (χ2v) is 7.37. The summed E-state index contributed by atoms with van der Waals surface area (Å²) in [7, 11) is -0.959. The van der Waals surface area contributed by atoms with Gasteiger partial charge in [-0.05, 0) is 25.2 Å². The maximum Gasteiger partial charge on any atom is 0.303 e. The minimum Gasteiger partial charge on any atom is -0.481 e. The van der Waals surface area contributed by atoms with Crippen molar-refractivity contribution in [2.75, 3.05) is 12.8 Å². The zero-order valence-corrected chi connectivity index (χ0v) is 12.4. The Hall–Kier alpha value is -0.910. The van der Waals surface area contributed by atoms with Gasteiger partial charge >= 0.3 is 5.97 Å². The number of rotatable bonds is 7. The van der Waals surface area contributed by atoms with Gasteiger partial charge in [-0.15, -0.1) is 0 Å². The number of carbonyl (C=O) groups is 2. The van der Waals surface area contributed by atoms with Crippen LogP contribution in [0, 0.1) is 5.41 Å². The zero-order chi connectivity index (χ0) is 14.5. The summed E-state index contributed by atoms with van der Waals surface area (Å²) in [5.41, 5.74) is -0.371. The summed E-state index contributed by atoms with van der Waals surface area (Å²) < 4.78 is 11.2. The first-order valence-corrected chi connectivity index (χ1v) is 8.27. The predicted octanol–water partition coefficient (Wildman–Crippen LogP) is 1.29. The molecule has 6 heteroatoms. The van der Waals surface area contributed by atoms with Crippen LogP contribution in [0.2, 0.25) is 0 Å². The van der Waals surface area contributed by atoms with Crippen LogP contribution in [0.15, 0.2) is 0 Å². The summed E-state index contributed by atoms with van der Waals surface area (Å²) in [6, 6.07) is 0. The number of carbonyl (C=O) groups excluding carboxylic acids is 1. The molecule has 2 N–H and O–H groups in total. The summed E-state index contributed by atoms with van der Waals surface area (Å²) in [4.78, 5) is 22.8. The van der Waals surface area contributed by atoms with Gasteiger partial charge in [-0.2, -0.15) is 0 Å². The van der Waals surface area contributed by atoms with Crippen molar-refractivity contribution in [3.8, 4) is 0 Å². The first-order chi connectivity index (χ1) is 8.84. The Labute approximate surface area is 116 Å². The lowest BCUT2D eigenvalue weighted by atomic mass is 9.79. The Balaban J connectivity index is 2.48. The van der Waals surface area contributed by atoms with Crippen LogP contribution in [-0.4, -0.2) is 39.2 Å². The average molecular weight is 289 g/mol. The predicted molar refractivity (Wildman–Crippen MR) is 74.3 cm³/mol. The smallest absolute Gasteiger partial charge is 0.303 e. The van der Waals surface area contributed by atoms with E-state index in [1.54, 1.807) is 6.26 Å². The molecule has 0 saturated heterocycles. The number of nitrogens with one attached hydrogen (secondary N) is 1. The zero-order valence-electron chi connectivity index (χ0n) is 11.6. The van der Waals surface area contributed by atoms with E-state index in [0.29, 0.717) is 6.54 Å². The molecule has 0 aromatic heterocycles. The molecule has 1 saturated carbocycles. The first kappa shape index (κ1) is 16.1. The van der Waals surface area contributed by atoms with Crippen LogP contribution in [0.1, 0.15) is 45.4 Å². The van der Waals surface area contributed by atoms with E-state index in [9.17, 15) is 13.8 Å². The molecule has 1 aliphatic carbocycles. The Morgan fingerprint density at radius 3 is 2.37 bits per heavy atom. The van der Waals surface area contributed by atoms with Gasteiger partial charge in [-0.1, -0.05) is 12.8 Å². The molecular formula is C13H23NO4S. The van der Waals surface area contributed by atoms with Crippen molar-refractivity contribution in [1.29, 1.82) is 0 Å². The van der Waals surface area contributed by atoms with Crippen molar-refractivity contribution >= 4 is 22.7 Å². The number of carboxylic acids is 1. The Morgan fingerprint density at radius 1 is 1.32 bits per heavy atom. The topological polar surface area (TPSA) is 83.5 Å². The van der Waals surface area contributed by atoms with E-state index in [2.05, 4.69) is 5.32 Å². The summed E-state index contributed by atoms with van der Waals surface area (Å²) in [6.07, 6.45) is 5.55. The fourth-order valence-corrected chi connectivity index (χ4v) is 2.96. The fourth-order valence-electron chi connectivity index (χ4n) is 2.64. The molecule has 1 amide bonds. The van der Waals surface area contributed by atoms with Crippen molar-refractivity contribution in [2.45, 2.75) is 50.7 Å². The van der Waals surface area contributed by atoms with Crippen LogP contribution in [0.5, 0.6) is 0 Å². The first-order valence-electron chi connectivity index (χ1n) is 6.65. The van der Waals surface area contributed by atoms with Crippen LogP contribution < -0.4 is 5.32 Å². The van der Waals surface area contributed by atoms with Gasteiger partial charge in [0.1, 0.15) is 0 Å². The molecule has 1 fully saturated rings. The molecule has 0 bridgehead atoms. The van der Waals surface area contributed by atoms with Crippen LogP contribution in [0.4, 0.5) is 0 Å². The lowest BCUT2D eigenvalue weighted by molar-refractivity contribution is -0.140. The summed E-state index contributed by atoms with van der Waals surface area (Å²) in [5.74, 6) is -0.960. The molecule has 1 aliphatic rings. The second-order valence-electron chi connectivity index (χ2n) is 5.57. The number of amides is 1. The van der Waals surface area contributed by atoms with Gasteiger partial charge in [0.2, 0.25) is 5.91 Å². The minimum absolute atomic E-state index is 0.0652. The van der Waals surface area contributed by atoms with Gasteiger partial charge < -0.3 is 10.4 Å². The molecule has 0 heterocycles. The van der Waals surface area contributed by atoms with Crippen molar-refractivity contribution in [3.05, 3.63) is 0 Å². The molecular weight excluding hydrogens is 266 g/mol. The van der Waals surface area contributed by atoms with E-state index in [1.165, 1.54) is 0 Å². The van der Waals surface area contributed by atoms with Crippen LogP contribution in [0.25, 0.3) is 0 Å². The molecule has 1 rings (SSSR count). The summed E-state index contributed by atoms with van der Waals surface area (Å²) >= 11 is 0. The van der Waals surface area contributed by atoms with E-state index in [1.807, 2.05) is 6.92 Å². The van der Waals surface area contributed by atoms with Crippen molar-refractivity contribution < 1.29 is 18.9 Å². The van der Waals surface area contributed by atoms with Crippen molar-refractivity contribution in [1.82, 2.24) is 5.32 Å². The third-order valence-corrected chi connectivity index (χ3v) is 5.18. The van der Waals surface area contributed by atoms with Crippen molar-refractivity contribution in [3.63, 3.8) is 0 Å². The maximum absolute atomic E-state index is 11.9. The quantitative estimate of drug-likeness (QED) is 0.740. The molecule has 110 valence electrons. The molecule has 5 nitrogen and oxygen atoms in total. The van der Waals surface area contributed by atoms with Gasteiger partial charge in [-0.25, -0.2) is 0 Å². The van der Waals surface area contributed by atoms with Gasteiger partial charge in [0.25, 0.3) is 0 Å². The van der Waals surface area contributed by atoms with Crippen molar-refractivity contribution in [2.24, 2.45) is 5.41 Å². The molecule has 0 radical (unpaired) electrons. The average Bonchev–Trinajstić information content (AvgIpc) is 2.72. The minimum atomic E-state index is -0.959. The number of hydrogen-bond donors (Lipinski definition) is 2. The number of hydrogen-bond acceptors (Lipinski definition) is 3. The Kier molecular flexibility index (Phi) is 5.97. The highest BCUT2D eigenvalue weighted by atomic mass is 32.2. The third-order valence-electron chi connectivity index (χ3n) is 3.88. The van der Waals surface area contributed by atoms with E-state index >= 15 is 0 Å². The normalized spacial score (nSPS) is 20.7. The van der Waals surface area contributed by atoms with Gasteiger partial charge in [0.15, 0.2) is 0 Å². The van der Waals surface area contributed by atoms with Crippen LogP contribution >= 0.6 is 0 Å². The summed E-state index contributed by atoms with van der Waals surface area (Å²) in [5, 5.41) is 11.7. The second kappa shape index (κ2) is 7.03. The lowest BCUT2D eigenvalue weighted by Gasteiger charge is -2.26. The van der Waals surface area contributed by atoms with E-state index in [4.69, 9.17) is 5.11 Å². The number of aliphatic carboxylic acids is 1. The highest BCUT2D eigenvalue weighted by Gasteiger charge is 2.37. The number of carboxylic acid groups (broad SMARTS) is 1. The molecule has 0 aliphatic heterocycles. The fraction of sp³-hybridized carbons (Fsp3) is 0.846. The van der Waals surface area contributed by atoms with E-state index in [-0.39, 0.29) is 29.4 Å². The Bertz CT molecular complexity index is 364. The SMILES string of the molecule is CC(CNC(=O)CC1(CC(=O)O)CCCC1)S(C)=O. The molecule has 2 atom stereocenters. The molecule has 19 heavy (non-hydrogen) atoms. The highest BCUT2D eigenvalue weighted by molar-refractivity contribution is 7.84. The Morgan fingerprint density at radius 2 is 1.89 bits per heavy atom. The van der Waals surface area contributed by atoms with Crippen LogP contribution in [-0.2, 0) is 20.4 Å². The van der Waals surface area contributed by atoms with Gasteiger partial charge in [-0.3, -0.25) is 13.8 Å². The van der Waals surface area contributed by atoms with Gasteiger partial charge in [0.05, 0.1) is 6.42 Å². The molecule has 0 aromatic carbocycles. The highest BCUT2D eigenvalue weighted by Crippen LogP contribution is 2.43. The maximum atomic E-state index is 11.9. The van der Waals surface area contributed by atoms with Gasteiger partial charge in [0, 0.05) is 35.3 Å². The van der Waals surface area contributed by atoms with E-state index in [0.717, 1.165) is 25.7 Å². The standard InChI is InChI=1S/C13H23NO4S/c1-10(19(2)18)9-14-11(15)7-13(8-12(16)17)5-3-4-6-13/h10H,3-9H2,1-2H3,(H,14,15)(H,16,17). The third kappa shape index (κ3) is 5.30. The molecule has 2 unspecified atom stereocenters.